The Kier molecular flexibility index (Phi) is 7.72. The Morgan fingerprint density at radius 1 is 1.17 bits per heavy atom. The van der Waals surface area contributed by atoms with E-state index in [1.807, 2.05) is 24.3 Å². The topological polar surface area (TPSA) is 71.3 Å². The first-order valence-corrected chi connectivity index (χ1v) is 10.2. The highest BCUT2D eigenvalue weighted by Gasteiger charge is 2.32. The van der Waals surface area contributed by atoms with E-state index < -0.39 is 0 Å². The van der Waals surface area contributed by atoms with Crippen molar-refractivity contribution >= 4 is 17.8 Å². The van der Waals surface area contributed by atoms with Crippen LogP contribution in [0.3, 0.4) is 0 Å². The molecule has 7 heteroatoms. The van der Waals surface area contributed by atoms with E-state index in [1.165, 1.54) is 10.6 Å². The summed E-state index contributed by atoms with van der Waals surface area (Å²) in [5, 5.41) is 4.20. The number of hydrogen-bond donors (Lipinski definition) is 2. The maximum absolute atomic E-state index is 12.9. The summed E-state index contributed by atoms with van der Waals surface area (Å²) in [5.41, 5.74) is 5.79. The molecule has 0 bridgehead atoms. The first-order valence-electron chi connectivity index (χ1n) is 10.2. The zero-order chi connectivity index (χ0) is 20.5. The van der Waals surface area contributed by atoms with Gasteiger partial charge in [-0.05, 0) is 43.7 Å². The lowest BCUT2D eigenvalue weighted by Crippen LogP contribution is -3.15. The molecule has 1 atom stereocenters. The summed E-state index contributed by atoms with van der Waals surface area (Å²) < 4.78 is 5.45. The molecule has 0 aliphatic carbocycles. The average Bonchev–Trinajstić information content (AvgIpc) is 2.77. The summed E-state index contributed by atoms with van der Waals surface area (Å²) in [4.78, 5) is 20.5. The molecule has 3 rings (SSSR count). The summed E-state index contributed by atoms with van der Waals surface area (Å²) in [6.07, 6.45) is 5.12. The van der Waals surface area contributed by atoms with Gasteiger partial charge in [-0.25, -0.2) is 5.43 Å². The third-order valence-electron chi connectivity index (χ3n) is 5.25. The molecule has 0 saturated carbocycles. The van der Waals surface area contributed by atoms with Crippen molar-refractivity contribution in [2.75, 3.05) is 44.3 Å². The highest BCUT2D eigenvalue weighted by atomic mass is 16.5. The minimum Gasteiger partial charge on any atom is -0.372 e. The molecule has 0 unspecified atom stereocenters. The zero-order valence-corrected chi connectivity index (χ0v) is 17.2. The van der Waals surface area contributed by atoms with E-state index in [2.05, 4.69) is 46.4 Å². The molecule has 29 heavy (non-hydrogen) atoms. The van der Waals surface area contributed by atoms with Gasteiger partial charge in [0.15, 0.2) is 6.04 Å². The molecule has 0 radical (unpaired) electrons. The summed E-state index contributed by atoms with van der Waals surface area (Å²) in [6, 6.07) is 11.6. The Bertz CT molecular complexity index is 785. The number of anilines is 1. The molecule has 1 saturated heterocycles. The molecule has 154 valence electrons. The fourth-order valence-electron chi connectivity index (χ4n) is 3.65. The summed E-state index contributed by atoms with van der Waals surface area (Å²) in [6.45, 7) is 9.13. The fraction of sp³-hybridized carbons (Fsp3) is 0.409. The number of quaternary nitrogens is 1. The second-order valence-corrected chi connectivity index (χ2v) is 6.98. The number of pyridine rings is 1. The lowest BCUT2D eigenvalue weighted by atomic mass is 10.1. The Morgan fingerprint density at radius 2 is 1.83 bits per heavy atom. The van der Waals surface area contributed by atoms with Gasteiger partial charge in [0.1, 0.15) is 13.1 Å². The number of aromatic nitrogens is 1. The van der Waals surface area contributed by atoms with E-state index in [1.54, 1.807) is 18.6 Å². The second-order valence-electron chi connectivity index (χ2n) is 6.98. The number of benzene rings is 1. The number of rotatable bonds is 8. The maximum Gasteiger partial charge on any atom is 0.303 e. The predicted octanol–water partition coefficient (Wildman–Crippen LogP) is 1.03. The highest BCUT2D eigenvalue weighted by molar-refractivity contribution is 5.85. The molecule has 1 aromatic carbocycles. The van der Waals surface area contributed by atoms with E-state index in [0.717, 1.165) is 37.3 Å². The number of carbonyl (C=O) groups excluding carboxylic acids is 1. The van der Waals surface area contributed by atoms with Crippen molar-refractivity contribution in [2.24, 2.45) is 5.10 Å². The van der Waals surface area contributed by atoms with Gasteiger partial charge in [0.05, 0.1) is 19.4 Å². The van der Waals surface area contributed by atoms with E-state index in [4.69, 9.17) is 4.74 Å². The quantitative estimate of drug-likeness (QED) is 0.517. The molecule has 7 nitrogen and oxygen atoms in total. The Balaban J connectivity index is 1.66. The summed E-state index contributed by atoms with van der Waals surface area (Å²) in [7, 11) is 0. The van der Waals surface area contributed by atoms with Crippen molar-refractivity contribution in [3.05, 3.63) is 59.9 Å². The van der Waals surface area contributed by atoms with E-state index >= 15 is 0 Å². The van der Waals surface area contributed by atoms with Gasteiger partial charge in [0.25, 0.3) is 0 Å². The van der Waals surface area contributed by atoms with Crippen LogP contribution in [0.5, 0.6) is 0 Å². The monoisotopic (exact) mass is 396 g/mol. The smallest absolute Gasteiger partial charge is 0.303 e. The number of hydrazone groups is 1. The van der Waals surface area contributed by atoms with Crippen molar-refractivity contribution in [1.82, 2.24) is 10.4 Å². The molecule has 1 aliphatic rings. The summed E-state index contributed by atoms with van der Waals surface area (Å²) in [5.74, 6) is -0.121. The van der Waals surface area contributed by atoms with Gasteiger partial charge >= 0.3 is 5.91 Å². The van der Waals surface area contributed by atoms with Crippen LogP contribution in [-0.2, 0) is 9.53 Å². The number of nitrogens with one attached hydrogen (secondary N) is 2. The molecule has 1 fully saturated rings. The van der Waals surface area contributed by atoms with Crippen LogP contribution in [0, 0.1) is 0 Å². The van der Waals surface area contributed by atoms with Gasteiger partial charge < -0.3 is 14.5 Å². The van der Waals surface area contributed by atoms with Crippen LogP contribution in [0.25, 0.3) is 0 Å². The van der Waals surface area contributed by atoms with Crippen LogP contribution in [0.4, 0.5) is 5.69 Å². The standard InChI is InChI=1S/C22H29N5O2/c1-3-26(4-2)20-7-5-18(6-8-20)17-24-25-22(28)21(19-9-11-23-12-10-19)27-13-15-29-16-14-27/h5-12,17,21H,3-4,13-16H2,1-2H3,(H,25,28)/p+1/b24-17-/t21-/m0/s1. The number of carbonyl (C=O) groups is 1. The summed E-state index contributed by atoms with van der Waals surface area (Å²) >= 11 is 0. The van der Waals surface area contributed by atoms with Gasteiger partial charge in [-0.1, -0.05) is 12.1 Å². The average molecular weight is 397 g/mol. The van der Waals surface area contributed by atoms with Crippen LogP contribution in [0.2, 0.25) is 0 Å². The Labute approximate surface area is 172 Å². The lowest BCUT2D eigenvalue weighted by molar-refractivity contribution is -0.929. The first kappa shape index (κ1) is 21.0. The van der Waals surface area contributed by atoms with E-state index in [0.29, 0.717) is 13.2 Å². The number of morpholine rings is 1. The highest BCUT2D eigenvalue weighted by Crippen LogP contribution is 2.14. The van der Waals surface area contributed by atoms with Gasteiger partial charge in [-0.15, -0.1) is 0 Å². The lowest BCUT2D eigenvalue weighted by Gasteiger charge is -2.30. The van der Waals surface area contributed by atoms with Crippen molar-refractivity contribution in [3.63, 3.8) is 0 Å². The molecular formula is C22H30N5O2+. The van der Waals surface area contributed by atoms with Gasteiger partial charge in [0, 0.05) is 36.7 Å². The normalized spacial score (nSPS) is 15.9. The molecule has 0 spiro atoms. The van der Waals surface area contributed by atoms with E-state index in [-0.39, 0.29) is 11.9 Å². The van der Waals surface area contributed by atoms with Crippen LogP contribution < -0.4 is 15.2 Å². The Morgan fingerprint density at radius 3 is 2.45 bits per heavy atom. The van der Waals surface area contributed by atoms with Crippen molar-refractivity contribution in [3.8, 4) is 0 Å². The van der Waals surface area contributed by atoms with Crippen LogP contribution in [-0.4, -0.2) is 56.5 Å². The molecule has 1 amide bonds. The molecule has 1 aliphatic heterocycles. The second kappa shape index (κ2) is 10.7. The largest absolute Gasteiger partial charge is 0.372 e. The van der Waals surface area contributed by atoms with Crippen molar-refractivity contribution in [1.29, 1.82) is 0 Å². The van der Waals surface area contributed by atoms with Crippen molar-refractivity contribution in [2.45, 2.75) is 19.9 Å². The molecule has 2 aromatic rings. The maximum atomic E-state index is 12.9. The number of ether oxygens (including phenoxy) is 1. The fourth-order valence-corrected chi connectivity index (χ4v) is 3.65. The van der Waals surface area contributed by atoms with Gasteiger partial charge in [-0.2, -0.15) is 5.10 Å². The third kappa shape index (κ3) is 5.62. The third-order valence-corrected chi connectivity index (χ3v) is 5.25. The van der Waals surface area contributed by atoms with Crippen LogP contribution >= 0.6 is 0 Å². The Hall–Kier alpha value is -2.77. The van der Waals surface area contributed by atoms with Crippen LogP contribution in [0.15, 0.2) is 53.9 Å². The zero-order valence-electron chi connectivity index (χ0n) is 17.2. The predicted molar refractivity (Wildman–Crippen MR) is 114 cm³/mol. The molecular weight excluding hydrogens is 366 g/mol. The number of amides is 1. The SMILES string of the molecule is CCN(CC)c1ccc(/C=N\NC(=O)[C@H](c2ccncc2)[NH+]2CCOCC2)cc1. The van der Waals surface area contributed by atoms with E-state index in [9.17, 15) is 4.79 Å². The molecule has 2 N–H and O–H groups in total. The number of nitrogens with zero attached hydrogens (tertiary/aromatic N) is 3. The minimum absolute atomic E-state index is 0.121. The van der Waals surface area contributed by atoms with Crippen molar-refractivity contribution < 1.29 is 14.4 Å². The minimum atomic E-state index is -0.330. The van der Waals surface area contributed by atoms with Gasteiger partial charge in [0.2, 0.25) is 0 Å². The van der Waals surface area contributed by atoms with Gasteiger partial charge in [-0.3, -0.25) is 9.78 Å². The van der Waals surface area contributed by atoms with Crippen LogP contribution in [0.1, 0.15) is 31.0 Å². The first-order chi connectivity index (χ1) is 14.2. The number of hydrogen-bond acceptors (Lipinski definition) is 5. The molecule has 1 aromatic heterocycles. The molecule has 2 heterocycles.